The third-order valence-corrected chi connectivity index (χ3v) is 2.99. The van der Waals surface area contributed by atoms with E-state index in [-0.39, 0.29) is 6.61 Å². The Bertz CT molecular complexity index is 640. The van der Waals surface area contributed by atoms with Crippen LogP contribution in [0.5, 0.6) is 0 Å². The maximum Gasteiger partial charge on any atom is 0.138 e. The molecule has 0 atom stereocenters. The van der Waals surface area contributed by atoms with Gasteiger partial charge in [-0.15, -0.1) is 0 Å². The molecule has 0 aliphatic rings. The number of hydrogen-bond acceptors (Lipinski definition) is 3. The number of nitrogens with zero attached hydrogens (tertiary/aromatic N) is 1. The average Bonchev–Trinajstić information content (AvgIpc) is 2.89. The first kappa shape index (κ1) is 11.7. The van der Waals surface area contributed by atoms with E-state index in [1.165, 1.54) is 0 Å². The van der Waals surface area contributed by atoms with Crippen LogP contribution in [0.1, 0.15) is 0 Å². The molecule has 3 aromatic rings. The Morgan fingerprint density at radius 2 is 1.84 bits per heavy atom. The lowest BCUT2D eigenvalue weighted by Crippen LogP contribution is -2.04. The molecule has 3 rings (SSSR count). The van der Waals surface area contributed by atoms with Crippen molar-refractivity contribution in [2.45, 2.75) is 0 Å². The van der Waals surface area contributed by atoms with Crippen LogP contribution in [0.2, 0.25) is 0 Å². The number of aromatic nitrogens is 2. The number of benzene rings is 2. The summed E-state index contributed by atoms with van der Waals surface area (Å²) in [6, 6.07) is 16.0. The monoisotopic (exact) mass is 253 g/mol. The van der Waals surface area contributed by atoms with Crippen LogP contribution in [-0.2, 0) is 0 Å². The number of nitrogens with one attached hydrogen (secondary N) is 2. The number of para-hydroxylation sites is 2. The van der Waals surface area contributed by atoms with E-state index in [1.54, 1.807) is 0 Å². The van der Waals surface area contributed by atoms with Gasteiger partial charge < -0.3 is 15.4 Å². The van der Waals surface area contributed by atoms with E-state index in [9.17, 15) is 0 Å². The maximum absolute atomic E-state index is 8.76. The first-order chi connectivity index (χ1) is 9.36. The third-order valence-electron chi connectivity index (χ3n) is 2.99. The number of fused-ring (bicyclic) bond motifs is 1. The van der Waals surface area contributed by atoms with Crippen molar-refractivity contribution in [3.05, 3.63) is 48.5 Å². The maximum atomic E-state index is 8.76. The van der Waals surface area contributed by atoms with E-state index >= 15 is 0 Å². The van der Waals surface area contributed by atoms with E-state index in [2.05, 4.69) is 15.3 Å². The van der Waals surface area contributed by atoms with Crippen LogP contribution in [0.3, 0.4) is 0 Å². The largest absolute Gasteiger partial charge is 0.395 e. The molecule has 0 amide bonds. The summed E-state index contributed by atoms with van der Waals surface area (Å²) in [5.41, 5.74) is 4.06. The van der Waals surface area contributed by atoms with Gasteiger partial charge in [-0.05, 0) is 36.4 Å². The highest BCUT2D eigenvalue weighted by molar-refractivity contribution is 5.79. The van der Waals surface area contributed by atoms with Crippen molar-refractivity contribution >= 4 is 16.7 Å². The van der Waals surface area contributed by atoms with Crippen molar-refractivity contribution in [2.75, 3.05) is 18.5 Å². The van der Waals surface area contributed by atoms with Crippen molar-refractivity contribution in [1.29, 1.82) is 0 Å². The fraction of sp³-hybridized carbons (Fsp3) is 0.133. The summed E-state index contributed by atoms with van der Waals surface area (Å²) in [5, 5.41) is 11.9. The molecule has 0 saturated carbocycles. The van der Waals surface area contributed by atoms with Crippen molar-refractivity contribution < 1.29 is 5.11 Å². The van der Waals surface area contributed by atoms with Gasteiger partial charge in [-0.25, -0.2) is 4.98 Å². The number of imidazole rings is 1. The molecule has 4 heteroatoms. The molecule has 0 fully saturated rings. The van der Waals surface area contributed by atoms with Gasteiger partial charge in [0.2, 0.25) is 0 Å². The van der Waals surface area contributed by atoms with Gasteiger partial charge in [0.1, 0.15) is 5.82 Å². The number of hydrogen-bond donors (Lipinski definition) is 3. The van der Waals surface area contributed by atoms with Crippen molar-refractivity contribution in [2.24, 2.45) is 0 Å². The lowest BCUT2D eigenvalue weighted by Gasteiger charge is -2.04. The Morgan fingerprint density at radius 1 is 1.05 bits per heavy atom. The summed E-state index contributed by atoms with van der Waals surface area (Å²) >= 11 is 0. The minimum absolute atomic E-state index is 0.130. The Hall–Kier alpha value is -2.33. The van der Waals surface area contributed by atoms with Crippen molar-refractivity contribution in [3.63, 3.8) is 0 Å². The number of aliphatic hydroxyl groups is 1. The molecule has 0 aliphatic heterocycles. The van der Waals surface area contributed by atoms with Gasteiger partial charge >= 0.3 is 0 Å². The second kappa shape index (κ2) is 5.12. The molecule has 0 unspecified atom stereocenters. The molecule has 4 nitrogen and oxygen atoms in total. The molecule has 1 aromatic heterocycles. The summed E-state index contributed by atoms with van der Waals surface area (Å²) in [5.74, 6) is 0.870. The molecule has 0 radical (unpaired) electrons. The predicted octanol–water partition coefficient (Wildman–Crippen LogP) is 2.63. The van der Waals surface area contributed by atoms with Crippen LogP contribution in [0, 0.1) is 0 Å². The van der Waals surface area contributed by atoms with E-state index in [1.807, 2.05) is 48.5 Å². The first-order valence-corrected chi connectivity index (χ1v) is 6.27. The highest BCUT2D eigenvalue weighted by atomic mass is 16.3. The van der Waals surface area contributed by atoms with Crippen LogP contribution in [0.15, 0.2) is 48.5 Å². The van der Waals surface area contributed by atoms with Gasteiger partial charge in [0.05, 0.1) is 17.6 Å². The zero-order chi connectivity index (χ0) is 13.1. The van der Waals surface area contributed by atoms with Gasteiger partial charge in [-0.3, -0.25) is 0 Å². The fourth-order valence-electron chi connectivity index (χ4n) is 2.04. The first-order valence-electron chi connectivity index (χ1n) is 6.27. The smallest absolute Gasteiger partial charge is 0.138 e. The second-order valence-corrected chi connectivity index (χ2v) is 4.33. The van der Waals surface area contributed by atoms with Crippen LogP contribution in [0.25, 0.3) is 22.4 Å². The SMILES string of the molecule is OCCNc1ccc(-c2nc3ccccc3[nH]2)cc1. The molecule has 1 heterocycles. The Labute approximate surface area is 111 Å². The quantitative estimate of drug-likeness (QED) is 0.670. The Balaban J connectivity index is 1.88. The summed E-state index contributed by atoms with van der Waals surface area (Å²) < 4.78 is 0. The van der Waals surface area contributed by atoms with Crippen molar-refractivity contribution in [3.8, 4) is 11.4 Å². The molecule has 0 saturated heterocycles. The standard InChI is InChI=1S/C15H15N3O/c19-10-9-16-12-7-5-11(6-8-12)15-17-13-3-1-2-4-14(13)18-15/h1-8,16,19H,9-10H2,(H,17,18). The number of anilines is 1. The summed E-state index contributed by atoms with van der Waals surface area (Å²) in [4.78, 5) is 7.86. The van der Waals surface area contributed by atoms with Gasteiger partial charge in [-0.2, -0.15) is 0 Å². The highest BCUT2D eigenvalue weighted by Crippen LogP contribution is 2.21. The van der Waals surface area contributed by atoms with E-state index in [0.29, 0.717) is 6.54 Å². The summed E-state index contributed by atoms with van der Waals surface area (Å²) in [7, 11) is 0. The van der Waals surface area contributed by atoms with Gasteiger partial charge in [0.25, 0.3) is 0 Å². The van der Waals surface area contributed by atoms with Crippen LogP contribution in [-0.4, -0.2) is 28.2 Å². The lowest BCUT2D eigenvalue weighted by atomic mass is 10.2. The normalized spacial score (nSPS) is 10.8. The van der Waals surface area contributed by atoms with Crippen LogP contribution >= 0.6 is 0 Å². The minimum Gasteiger partial charge on any atom is -0.395 e. The number of aliphatic hydroxyl groups excluding tert-OH is 1. The van der Waals surface area contributed by atoms with Crippen molar-refractivity contribution in [1.82, 2.24) is 9.97 Å². The molecule has 2 aromatic carbocycles. The Morgan fingerprint density at radius 3 is 2.58 bits per heavy atom. The second-order valence-electron chi connectivity index (χ2n) is 4.33. The summed E-state index contributed by atoms with van der Waals surface area (Å²) in [6.45, 7) is 0.690. The molecule has 19 heavy (non-hydrogen) atoms. The molecule has 3 N–H and O–H groups in total. The fourth-order valence-corrected chi connectivity index (χ4v) is 2.04. The molecule has 96 valence electrons. The predicted molar refractivity (Wildman–Crippen MR) is 77.1 cm³/mol. The van der Waals surface area contributed by atoms with Gasteiger partial charge in [0.15, 0.2) is 0 Å². The van der Waals surface area contributed by atoms with Gasteiger partial charge in [-0.1, -0.05) is 12.1 Å². The van der Waals surface area contributed by atoms with Crippen LogP contribution in [0.4, 0.5) is 5.69 Å². The lowest BCUT2D eigenvalue weighted by molar-refractivity contribution is 0.311. The topological polar surface area (TPSA) is 60.9 Å². The summed E-state index contributed by atoms with van der Waals surface area (Å²) in [6.07, 6.45) is 0. The average molecular weight is 253 g/mol. The van der Waals surface area contributed by atoms with Crippen LogP contribution < -0.4 is 5.32 Å². The zero-order valence-electron chi connectivity index (χ0n) is 10.4. The number of aromatic amines is 1. The highest BCUT2D eigenvalue weighted by Gasteiger charge is 2.04. The molecule has 0 aliphatic carbocycles. The van der Waals surface area contributed by atoms with E-state index in [0.717, 1.165) is 28.1 Å². The minimum atomic E-state index is 0.130. The third kappa shape index (κ3) is 2.44. The zero-order valence-corrected chi connectivity index (χ0v) is 10.4. The molecule has 0 bridgehead atoms. The van der Waals surface area contributed by atoms with Gasteiger partial charge in [0, 0.05) is 17.8 Å². The molecular weight excluding hydrogens is 238 g/mol. The van der Waals surface area contributed by atoms with E-state index < -0.39 is 0 Å². The number of H-pyrrole nitrogens is 1. The number of rotatable bonds is 4. The van der Waals surface area contributed by atoms with E-state index in [4.69, 9.17) is 5.11 Å². The molecular formula is C15H15N3O. The molecule has 0 spiro atoms. The Kier molecular flexibility index (Phi) is 3.16.